The van der Waals surface area contributed by atoms with E-state index in [1.165, 1.54) is 6.42 Å². The number of nitrogens with zero attached hydrogens (tertiary/aromatic N) is 2. The van der Waals surface area contributed by atoms with Crippen molar-refractivity contribution in [2.75, 3.05) is 12.4 Å². The van der Waals surface area contributed by atoms with Crippen LogP contribution >= 0.6 is 11.6 Å². The molecule has 1 heterocycles. The fourth-order valence-corrected chi connectivity index (χ4v) is 5.12. The van der Waals surface area contributed by atoms with Crippen molar-refractivity contribution < 1.29 is 8.42 Å². The quantitative estimate of drug-likeness (QED) is 0.841. The highest BCUT2D eigenvalue weighted by Crippen LogP contribution is 2.31. The summed E-state index contributed by atoms with van der Waals surface area (Å²) in [5, 5.41) is 4.18. The van der Waals surface area contributed by atoms with Gasteiger partial charge < -0.3 is 0 Å². The van der Waals surface area contributed by atoms with Crippen LogP contribution in [0, 0.1) is 25.7 Å². The SMILES string of the molecule is Cc1nn(C)c(C)c1S(=O)(=O)NCC1CCCCC1CCl. The van der Waals surface area contributed by atoms with E-state index < -0.39 is 10.0 Å². The molecule has 2 rings (SSSR count). The first kappa shape index (κ1) is 16.8. The number of alkyl halides is 1. The van der Waals surface area contributed by atoms with E-state index >= 15 is 0 Å². The Balaban J connectivity index is 2.11. The highest BCUT2D eigenvalue weighted by molar-refractivity contribution is 7.89. The molecule has 0 aromatic carbocycles. The largest absolute Gasteiger partial charge is 0.271 e. The van der Waals surface area contributed by atoms with Crippen molar-refractivity contribution in [3.63, 3.8) is 0 Å². The Bertz CT molecular complexity index is 598. The van der Waals surface area contributed by atoms with Gasteiger partial charge in [0.05, 0.1) is 11.4 Å². The van der Waals surface area contributed by atoms with Gasteiger partial charge in [-0.1, -0.05) is 12.8 Å². The van der Waals surface area contributed by atoms with Crippen molar-refractivity contribution in [2.24, 2.45) is 18.9 Å². The highest BCUT2D eigenvalue weighted by Gasteiger charge is 2.28. The topological polar surface area (TPSA) is 64.0 Å². The van der Waals surface area contributed by atoms with Crippen LogP contribution in [0.2, 0.25) is 0 Å². The van der Waals surface area contributed by atoms with Crippen LogP contribution in [-0.2, 0) is 17.1 Å². The molecule has 1 N–H and O–H groups in total. The average molecular weight is 334 g/mol. The minimum Gasteiger partial charge on any atom is -0.271 e. The third kappa shape index (κ3) is 3.60. The van der Waals surface area contributed by atoms with E-state index in [1.807, 2.05) is 0 Å². The normalized spacial score (nSPS) is 23.4. The van der Waals surface area contributed by atoms with Crippen molar-refractivity contribution in [3.8, 4) is 0 Å². The zero-order valence-corrected chi connectivity index (χ0v) is 14.5. The zero-order valence-electron chi connectivity index (χ0n) is 12.9. The number of aromatic nitrogens is 2. The van der Waals surface area contributed by atoms with Gasteiger partial charge in [-0.25, -0.2) is 13.1 Å². The summed E-state index contributed by atoms with van der Waals surface area (Å²) in [5.74, 6) is 1.36. The fourth-order valence-electron chi connectivity index (χ4n) is 3.19. The van der Waals surface area contributed by atoms with Crippen molar-refractivity contribution in [2.45, 2.75) is 44.4 Å². The lowest BCUT2D eigenvalue weighted by Gasteiger charge is -2.30. The van der Waals surface area contributed by atoms with Crippen molar-refractivity contribution in [1.82, 2.24) is 14.5 Å². The van der Waals surface area contributed by atoms with E-state index in [2.05, 4.69) is 9.82 Å². The number of nitrogens with one attached hydrogen (secondary N) is 1. The lowest BCUT2D eigenvalue weighted by molar-refractivity contribution is 0.260. The Morgan fingerprint density at radius 3 is 2.43 bits per heavy atom. The molecule has 5 nitrogen and oxygen atoms in total. The average Bonchev–Trinajstić information content (AvgIpc) is 2.70. The number of hydrogen-bond donors (Lipinski definition) is 1. The third-order valence-corrected chi connectivity index (χ3v) is 6.58. The first-order valence-electron chi connectivity index (χ1n) is 7.42. The number of aryl methyl sites for hydroxylation is 2. The summed E-state index contributed by atoms with van der Waals surface area (Å²) in [4.78, 5) is 0.309. The van der Waals surface area contributed by atoms with Gasteiger partial charge in [0.15, 0.2) is 0 Å². The fraction of sp³-hybridized carbons (Fsp3) is 0.786. The van der Waals surface area contributed by atoms with E-state index in [4.69, 9.17) is 11.6 Å². The molecular formula is C14H24ClN3O2S. The molecule has 0 spiro atoms. The van der Waals surface area contributed by atoms with Gasteiger partial charge in [-0.15, -0.1) is 11.6 Å². The van der Waals surface area contributed by atoms with Gasteiger partial charge in [-0.05, 0) is 38.5 Å². The Kier molecular flexibility index (Phi) is 5.33. The second-order valence-corrected chi connectivity index (χ2v) is 7.95. The maximum absolute atomic E-state index is 12.5. The van der Waals surface area contributed by atoms with Gasteiger partial charge in [0.25, 0.3) is 0 Å². The molecule has 1 fully saturated rings. The Morgan fingerprint density at radius 2 is 1.90 bits per heavy atom. The van der Waals surface area contributed by atoms with E-state index in [0.29, 0.717) is 40.5 Å². The molecule has 2 unspecified atom stereocenters. The lowest BCUT2D eigenvalue weighted by Crippen LogP contribution is -2.35. The summed E-state index contributed by atoms with van der Waals surface area (Å²) in [5.41, 5.74) is 1.21. The van der Waals surface area contributed by atoms with Crippen LogP contribution in [0.4, 0.5) is 0 Å². The van der Waals surface area contributed by atoms with Crippen molar-refractivity contribution >= 4 is 21.6 Å². The monoisotopic (exact) mass is 333 g/mol. The lowest BCUT2D eigenvalue weighted by atomic mass is 9.80. The Labute approximate surface area is 132 Å². The summed E-state index contributed by atoms with van der Waals surface area (Å²) in [6.07, 6.45) is 4.50. The maximum atomic E-state index is 12.5. The van der Waals surface area contributed by atoms with Gasteiger partial charge in [0.1, 0.15) is 4.90 Å². The molecule has 1 aliphatic carbocycles. The summed E-state index contributed by atoms with van der Waals surface area (Å²) in [7, 11) is -1.75. The predicted octanol–water partition coefficient (Wildman–Crippen LogP) is 2.36. The van der Waals surface area contributed by atoms with Crippen LogP contribution in [0.15, 0.2) is 4.90 Å². The van der Waals surface area contributed by atoms with E-state index in [0.717, 1.165) is 19.3 Å². The molecular weight excluding hydrogens is 310 g/mol. The summed E-state index contributed by atoms with van der Waals surface area (Å²) >= 11 is 6.01. The minimum absolute atomic E-state index is 0.309. The molecule has 0 amide bonds. The number of rotatable bonds is 5. The second kappa shape index (κ2) is 6.67. The first-order chi connectivity index (χ1) is 9.86. The molecule has 1 saturated carbocycles. The van der Waals surface area contributed by atoms with Crippen molar-refractivity contribution in [1.29, 1.82) is 0 Å². The predicted molar refractivity (Wildman–Crippen MR) is 84.0 cm³/mol. The Hall–Kier alpha value is -0.590. The van der Waals surface area contributed by atoms with E-state index in [1.54, 1.807) is 25.6 Å². The molecule has 2 atom stereocenters. The molecule has 7 heteroatoms. The maximum Gasteiger partial charge on any atom is 0.244 e. The van der Waals surface area contributed by atoms with Crippen LogP contribution in [-0.4, -0.2) is 30.6 Å². The molecule has 0 aliphatic heterocycles. The smallest absolute Gasteiger partial charge is 0.244 e. The number of hydrogen-bond acceptors (Lipinski definition) is 3. The second-order valence-electron chi connectivity index (χ2n) is 5.93. The van der Waals surface area contributed by atoms with Crippen LogP contribution in [0.1, 0.15) is 37.1 Å². The van der Waals surface area contributed by atoms with Gasteiger partial charge in [0, 0.05) is 19.5 Å². The summed E-state index contributed by atoms with van der Waals surface area (Å²) < 4.78 is 29.4. The van der Waals surface area contributed by atoms with E-state index in [-0.39, 0.29) is 0 Å². The van der Waals surface area contributed by atoms with Crippen LogP contribution in [0.3, 0.4) is 0 Å². The Morgan fingerprint density at radius 1 is 1.29 bits per heavy atom. The van der Waals surface area contributed by atoms with Gasteiger partial charge >= 0.3 is 0 Å². The van der Waals surface area contributed by atoms with Crippen molar-refractivity contribution in [3.05, 3.63) is 11.4 Å². The van der Waals surface area contributed by atoms with Gasteiger partial charge in [-0.3, -0.25) is 4.68 Å². The van der Waals surface area contributed by atoms with Crippen LogP contribution in [0.25, 0.3) is 0 Å². The molecule has 0 radical (unpaired) electrons. The number of halogens is 1. The van der Waals surface area contributed by atoms with Crippen LogP contribution < -0.4 is 4.72 Å². The first-order valence-corrected chi connectivity index (χ1v) is 9.44. The molecule has 1 aromatic heterocycles. The van der Waals surface area contributed by atoms with Gasteiger partial charge in [-0.2, -0.15) is 5.10 Å². The molecule has 0 saturated heterocycles. The minimum atomic E-state index is -3.51. The van der Waals surface area contributed by atoms with Gasteiger partial charge in [0.2, 0.25) is 10.0 Å². The third-order valence-electron chi connectivity index (χ3n) is 4.51. The molecule has 21 heavy (non-hydrogen) atoms. The molecule has 1 aliphatic rings. The zero-order chi connectivity index (χ0) is 15.6. The molecule has 0 bridgehead atoms. The molecule has 1 aromatic rings. The molecule has 120 valence electrons. The van der Waals surface area contributed by atoms with E-state index in [9.17, 15) is 8.42 Å². The standard InChI is InChI=1S/C14H24ClN3O2S/c1-10-14(11(2)18(3)17-10)21(19,20)16-9-13-7-5-4-6-12(13)8-15/h12-13,16H,4-9H2,1-3H3. The van der Waals surface area contributed by atoms with Crippen LogP contribution in [0.5, 0.6) is 0 Å². The number of sulfonamides is 1. The highest BCUT2D eigenvalue weighted by atomic mass is 35.5. The summed E-state index contributed by atoms with van der Waals surface area (Å²) in [6, 6.07) is 0. The summed E-state index contributed by atoms with van der Waals surface area (Å²) in [6.45, 7) is 3.97.